The summed E-state index contributed by atoms with van der Waals surface area (Å²) in [6.07, 6.45) is 2.70. The summed E-state index contributed by atoms with van der Waals surface area (Å²) in [7, 11) is -3.32. The first-order valence-corrected chi connectivity index (χ1v) is 15.5. The molecule has 0 unspecified atom stereocenters. The molecule has 0 radical (unpaired) electrons. The number of nitrogens with one attached hydrogen (secondary N) is 1. The summed E-state index contributed by atoms with van der Waals surface area (Å²) in [6, 6.07) is 16.2. The van der Waals surface area contributed by atoms with Crippen LogP contribution in [0, 0.1) is 5.92 Å². The lowest BCUT2D eigenvalue weighted by Gasteiger charge is -2.38. The van der Waals surface area contributed by atoms with Crippen molar-refractivity contribution in [2.24, 2.45) is 5.92 Å². The van der Waals surface area contributed by atoms with Crippen molar-refractivity contribution in [2.75, 3.05) is 39.0 Å². The maximum absolute atomic E-state index is 13.4. The minimum Gasteiger partial charge on any atom is -0.342 e. The van der Waals surface area contributed by atoms with Crippen molar-refractivity contribution >= 4 is 27.7 Å². The number of imide groups is 1. The Labute approximate surface area is 230 Å². The van der Waals surface area contributed by atoms with E-state index in [9.17, 15) is 22.8 Å². The van der Waals surface area contributed by atoms with Crippen molar-refractivity contribution in [2.45, 2.75) is 49.1 Å². The third-order valence-electron chi connectivity index (χ3n) is 8.46. The highest BCUT2D eigenvalue weighted by atomic mass is 32.2. The van der Waals surface area contributed by atoms with Gasteiger partial charge in [-0.15, -0.1) is 0 Å². The third-order valence-corrected chi connectivity index (χ3v) is 9.59. The zero-order valence-electron chi connectivity index (χ0n) is 22.5. The van der Waals surface area contributed by atoms with Crippen LogP contribution in [-0.4, -0.2) is 85.5 Å². The van der Waals surface area contributed by atoms with Crippen LogP contribution in [0.5, 0.6) is 0 Å². The van der Waals surface area contributed by atoms with E-state index in [0.717, 1.165) is 25.9 Å². The van der Waals surface area contributed by atoms with Crippen molar-refractivity contribution in [3.05, 3.63) is 65.7 Å². The molecule has 3 aliphatic rings. The van der Waals surface area contributed by atoms with Gasteiger partial charge in [-0.05, 0) is 42.0 Å². The van der Waals surface area contributed by atoms with Gasteiger partial charge in [0, 0.05) is 51.3 Å². The molecule has 39 heavy (non-hydrogen) atoms. The smallest absolute Gasteiger partial charge is 0.325 e. The molecule has 208 valence electrons. The number of sulfone groups is 1. The molecule has 3 saturated heterocycles. The van der Waals surface area contributed by atoms with Gasteiger partial charge in [0.15, 0.2) is 9.84 Å². The third kappa shape index (κ3) is 5.58. The van der Waals surface area contributed by atoms with Crippen LogP contribution in [0.4, 0.5) is 4.79 Å². The number of rotatable bonds is 7. The fourth-order valence-corrected chi connectivity index (χ4v) is 6.82. The number of urea groups is 1. The summed E-state index contributed by atoms with van der Waals surface area (Å²) < 4.78 is 23.5. The van der Waals surface area contributed by atoms with E-state index in [4.69, 9.17) is 0 Å². The van der Waals surface area contributed by atoms with Crippen LogP contribution >= 0.6 is 0 Å². The van der Waals surface area contributed by atoms with Gasteiger partial charge in [-0.1, -0.05) is 49.4 Å². The first kappa shape index (κ1) is 27.3. The molecule has 3 fully saturated rings. The molecular formula is C29H36N4O5S. The minimum absolute atomic E-state index is 0.0995. The average molecular weight is 553 g/mol. The standard InChI is InChI=1S/C29H36N4O5S/c1-3-26(34)32-19-23(25(20-32)22-7-5-4-6-8-22)18-31-15-13-29(14-16-31)27(35)33(28(36)30-29)17-21-9-11-24(12-10-21)39(2,37)38/h4-12,23,25H,3,13-20H2,1-2H3,(H,30,36)/t23-,25+/m0/s1. The van der Waals surface area contributed by atoms with E-state index in [2.05, 4.69) is 22.3 Å². The fourth-order valence-electron chi connectivity index (χ4n) is 6.19. The minimum atomic E-state index is -3.32. The van der Waals surface area contributed by atoms with Crippen LogP contribution < -0.4 is 5.32 Å². The molecule has 0 aromatic heterocycles. The molecule has 5 rings (SSSR count). The molecule has 0 aliphatic carbocycles. The zero-order chi connectivity index (χ0) is 27.8. The van der Waals surface area contributed by atoms with Crippen LogP contribution in [0.3, 0.4) is 0 Å². The van der Waals surface area contributed by atoms with E-state index in [-0.39, 0.29) is 29.2 Å². The molecule has 3 heterocycles. The van der Waals surface area contributed by atoms with E-state index in [1.807, 2.05) is 30.0 Å². The highest BCUT2D eigenvalue weighted by Crippen LogP contribution is 2.36. The van der Waals surface area contributed by atoms with Gasteiger partial charge in [-0.2, -0.15) is 0 Å². The van der Waals surface area contributed by atoms with Crippen LogP contribution in [-0.2, 0) is 26.0 Å². The number of hydrogen-bond donors (Lipinski definition) is 1. The molecule has 10 heteroatoms. The summed E-state index contributed by atoms with van der Waals surface area (Å²) in [5.41, 5.74) is 1.04. The van der Waals surface area contributed by atoms with E-state index < -0.39 is 21.4 Å². The summed E-state index contributed by atoms with van der Waals surface area (Å²) >= 11 is 0. The molecule has 2 atom stereocenters. The number of benzene rings is 2. The first-order chi connectivity index (χ1) is 18.6. The molecule has 1 N–H and O–H groups in total. The van der Waals surface area contributed by atoms with Gasteiger partial charge in [0.1, 0.15) is 5.54 Å². The molecule has 1 spiro atoms. The number of piperidine rings is 1. The maximum Gasteiger partial charge on any atom is 0.325 e. The number of carbonyl (C=O) groups excluding carboxylic acids is 3. The second-order valence-electron chi connectivity index (χ2n) is 11.0. The van der Waals surface area contributed by atoms with Crippen molar-refractivity contribution in [3.63, 3.8) is 0 Å². The van der Waals surface area contributed by atoms with Gasteiger partial charge in [0.05, 0.1) is 11.4 Å². The predicted molar refractivity (Wildman–Crippen MR) is 147 cm³/mol. The number of likely N-dealkylation sites (tertiary alicyclic amines) is 2. The van der Waals surface area contributed by atoms with E-state index in [0.29, 0.717) is 43.8 Å². The lowest BCUT2D eigenvalue weighted by atomic mass is 9.85. The van der Waals surface area contributed by atoms with Crippen LogP contribution in [0.2, 0.25) is 0 Å². The molecule has 9 nitrogen and oxygen atoms in total. The summed E-state index contributed by atoms with van der Waals surface area (Å²) in [4.78, 5) is 44.5. The number of nitrogens with zero attached hydrogens (tertiary/aromatic N) is 3. The summed E-state index contributed by atoms with van der Waals surface area (Å²) in [5, 5.41) is 2.97. The van der Waals surface area contributed by atoms with Gasteiger partial charge in [-0.25, -0.2) is 13.2 Å². The van der Waals surface area contributed by atoms with Gasteiger partial charge in [0.2, 0.25) is 5.91 Å². The van der Waals surface area contributed by atoms with E-state index >= 15 is 0 Å². The number of hydrogen-bond acceptors (Lipinski definition) is 6. The zero-order valence-corrected chi connectivity index (χ0v) is 23.3. The van der Waals surface area contributed by atoms with Crippen molar-refractivity contribution in [1.29, 1.82) is 0 Å². The molecule has 2 aromatic rings. The Morgan fingerprint density at radius 2 is 1.67 bits per heavy atom. The fraction of sp³-hybridized carbons (Fsp3) is 0.483. The van der Waals surface area contributed by atoms with Gasteiger partial charge in [-0.3, -0.25) is 14.5 Å². The van der Waals surface area contributed by atoms with E-state index in [1.54, 1.807) is 12.1 Å². The molecule has 3 aliphatic heterocycles. The van der Waals surface area contributed by atoms with Gasteiger partial charge < -0.3 is 15.1 Å². The lowest BCUT2D eigenvalue weighted by molar-refractivity contribution is -0.133. The van der Waals surface area contributed by atoms with Crippen molar-refractivity contribution < 1.29 is 22.8 Å². The van der Waals surface area contributed by atoms with Crippen LogP contribution in [0.15, 0.2) is 59.5 Å². The SMILES string of the molecule is CCC(=O)N1C[C@H](CN2CCC3(CC2)NC(=O)N(Cc2ccc(S(C)(=O)=O)cc2)C3=O)[C@@H](c2ccccc2)C1. The van der Waals surface area contributed by atoms with Crippen molar-refractivity contribution in [3.8, 4) is 0 Å². The molecular weight excluding hydrogens is 516 g/mol. The largest absolute Gasteiger partial charge is 0.342 e. The lowest BCUT2D eigenvalue weighted by Crippen LogP contribution is -2.55. The normalized spacial score (nSPS) is 23.4. The predicted octanol–water partition coefficient (Wildman–Crippen LogP) is 2.63. The Balaban J connectivity index is 1.22. The Kier molecular flexibility index (Phi) is 7.52. The average Bonchev–Trinajstić information content (AvgIpc) is 3.44. The molecule has 4 amide bonds. The van der Waals surface area contributed by atoms with Crippen molar-refractivity contribution in [1.82, 2.24) is 20.0 Å². The number of amides is 4. The Bertz CT molecular complexity index is 1340. The van der Waals surface area contributed by atoms with E-state index in [1.165, 1.54) is 22.6 Å². The van der Waals surface area contributed by atoms with Crippen LogP contribution in [0.25, 0.3) is 0 Å². The number of carbonyl (C=O) groups is 3. The molecule has 2 aromatic carbocycles. The topological polar surface area (TPSA) is 107 Å². The molecule has 0 saturated carbocycles. The highest BCUT2D eigenvalue weighted by Gasteiger charge is 2.52. The second-order valence-corrected chi connectivity index (χ2v) is 13.1. The maximum atomic E-state index is 13.4. The second kappa shape index (κ2) is 10.7. The Morgan fingerprint density at radius 3 is 2.28 bits per heavy atom. The summed E-state index contributed by atoms with van der Waals surface area (Å²) in [6.45, 7) is 5.66. The van der Waals surface area contributed by atoms with Crippen LogP contribution in [0.1, 0.15) is 43.2 Å². The molecule has 0 bridgehead atoms. The Hall–Kier alpha value is -3.24. The van der Waals surface area contributed by atoms with Gasteiger partial charge >= 0.3 is 6.03 Å². The first-order valence-electron chi connectivity index (χ1n) is 13.6. The monoisotopic (exact) mass is 552 g/mol. The highest BCUT2D eigenvalue weighted by molar-refractivity contribution is 7.90. The summed E-state index contributed by atoms with van der Waals surface area (Å²) in [5.74, 6) is 0.538. The van der Waals surface area contributed by atoms with Gasteiger partial charge in [0.25, 0.3) is 5.91 Å². The Morgan fingerprint density at radius 1 is 1.00 bits per heavy atom. The quantitative estimate of drug-likeness (QED) is 0.530.